The fraction of sp³-hybridized carbons (Fsp3) is 0.400. The number of nitrogens with two attached hydrogens (primary N) is 1. The lowest BCUT2D eigenvalue weighted by molar-refractivity contribution is 0.282. The molecule has 70 valence electrons. The molecule has 1 fully saturated rings. The van der Waals surface area contributed by atoms with Crippen LogP contribution in [0.15, 0.2) is 18.2 Å². The first kappa shape index (κ1) is 9.00. The fourth-order valence-electron chi connectivity index (χ4n) is 1.46. The van der Waals surface area contributed by atoms with Gasteiger partial charge in [0.25, 0.3) is 0 Å². The fourth-order valence-corrected chi connectivity index (χ4v) is 1.86. The minimum atomic E-state index is -0.189. The van der Waals surface area contributed by atoms with Gasteiger partial charge in [-0.05, 0) is 30.0 Å². The minimum Gasteiger partial charge on any atom is -0.392 e. The third-order valence-electron chi connectivity index (χ3n) is 2.54. The molecule has 2 rings (SSSR count). The normalized spacial score (nSPS) is 18.7. The Hall–Kier alpha value is -0.570. The van der Waals surface area contributed by atoms with Crippen molar-refractivity contribution in [3.05, 3.63) is 34.3 Å². The van der Waals surface area contributed by atoms with Crippen LogP contribution in [0.5, 0.6) is 0 Å². The van der Waals surface area contributed by atoms with Crippen molar-refractivity contribution in [3.63, 3.8) is 0 Å². The van der Waals surface area contributed by atoms with Crippen molar-refractivity contribution in [1.82, 2.24) is 0 Å². The molecule has 0 heterocycles. The molecule has 3 heteroatoms. The summed E-state index contributed by atoms with van der Waals surface area (Å²) in [5, 5.41) is 9.55. The summed E-state index contributed by atoms with van der Waals surface area (Å²) in [6, 6.07) is 5.57. The number of hydrogen-bond acceptors (Lipinski definition) is 2. The Morgan fingerprint density at radius 1 is 1.46 bits per heavy atom. The number of aliphatic hydroxyl groups excluding tert-OH is 1. The molecule has 0 atom stereocenters. The molecular formula is C10H12ClNO. The van der Waals surface area contributed by atoms with Crippen LogP contribution in [0.4, 0.5) is 0 Å². The second kappa shape index (κ2) is 2.98. The van der Waals surface area contributed by atoms with Crippen LogP contribution in [-0.4, -0.2) is 5.11 Å². The number of aliphatic hydroxyl groups is 1. The second-order valence-corrected chi connectivity index (χ2v) is 4.04. The third-order valence-corrected chi connectivity index (χ3v) is 2.85. The summed E-state index contributed by atoms with van der Waals surface area (Å²) in [6.45, 7) is 0.0254. The van der Waals surface area contributed by atoms with Crippen LogP contribution in [0.1, 0.15) is 24.0 Å². The number of benzene rings is 1. The molecule has 3 N–H and O–H groups in total. The van der Waals surface area contributed by atoms with Gasteiger partial charge in [-0.2, -0.15) is 0 Å². The van der Waals surface area contributed by atoms with Crippen molar-refractivity contribution in [1.29, 1.82) is 0 Å². The molecule has 0 saturated heterocycles. The highest BCUT2D eigenvalue weighted by Crippen LogP contribution is 2.45. The van der Waals surface area contributed by atoms with Gasteiger partial charge in [-0.25, -0.2) is 0 Å². The maximum atomic E-state index is 8.88. The summed E-state index contributed by atoms with van der Waals surface area (Å²) >= 11 is 6.04. The van der Waals surface area contributed by atoms with Gasteiger partial charge in [-0.1, -0.05) is 23.7 Å². The molecule has 1 saturated carbocycles. The van der Waals surface area contributed by atoms with E-state index in [0.29, 0.717) is 5.02 Å². The van der Waals surface area contributed by atoms with E-state index in [1.165, 1.54) is 0 Å². The Balaban J connectivity index is 2.38. The molecule has 2 nitrogen and oxygen atoms in total. The highest BCUT2D eigenvalue weighted by atomic mass is 35.5. The number of hydrogen-bond donors (Lipinski definition) is 2. The molecule has 0 radical (unpaired) electrons. The lowest BCUT2D eigenvalue weighted by Crippen LogP contribution is -2.19. The smallest absolute Gasteiger partial charge is 0.0682 e. The zero-order chi connectivity index (χ0) is 9.47. The van der Waals surface area contributed by atoms with E-state index >= 15 is 0 Å². The molecule has 0 spiro atoms. The molecule has 0 aliphatic heterocycles. The van der Waals surface area contributed by atoms with Crippen LogP contribution in [0, 0.1) is 0 Å². The molecule has 1 aromatic carbocycles. The van der Waals surface area contributed by atoms with Crippen molar-refractivity contribution >= 4 is 11.6 Å². The minimum absolute atomic E-state index is 0.0254. The van der Waals surface area contributed by atoms with Gasteiger partial charge in [0, 0.05) is 10.6 Å². The van der Waals surface area contributed by atoms with E-state index in [1.807, 2.05) is 12.1 Å². The summed E-state index contributed by atoms with van der Waals surface area (Å²) in [7, 11) is 0. The number of rotatable bonds is 2. The van der Waals surface area contributed by atoms with E-state index in [4.69, 9.17) is 22.4 Å². The average molecular weight is 198 g/mol. The molecule has 13 heavy (non-hydrogen) atoms. The van der Waals surface area contributed by atoms with Gasteiger partial charge in [0.15, 0.2) is 0 Å². The quantitative estimate of drug-likeness (QED) is 0.759. The van der Waals surface area contributed by atoms with Gasteiger partial charge >= 0.3 is 0 Å². The summed E-state index contributed by atoms with van der Waals surface area (Å²) < 4.78 is 0. The van der Waals surface area contributed by atoms with Crippen molar-refractivity contribution in [2.75, 3.05) is 0 Å². The Morgan fingerprint density at radius 2 is 2.15 bits per heavy atom. The zero-order valence-electron chi connectivity index (χ0n) is 7.26. The van der Waals surface area contributed by atoms with Gasteiger partial charge in [0.2, 0.25) is 0 Å². The van der Waals surface area contributed by atoms with Crippen molar-refractivity contribution in [3.8, 4) is 0 Å². The number of halogens is 1. The maximum absolute atomic E-state index is 8.88. The Bertz CT molecular complexity index is 334. The predicted molar refractivity (Wildman–Crippen MR) is 52.5 cm³/mol. The van der Waals surface area contributed by atoms with E-state index in [1.54, 1.807) is 6.07 Å². The molecule has 1 aliphatic rings. The van der Waals surface area contributed by atoms with E-state index in [0.717, 1.165) is 24.0 Å². The predicted octanol–water partition coefficient (Wildman–Crippen LogP) is 1.78. The van der Waals surface area contributed by atoms with Crippen LogP contribution in [-0.2, 0) is 12.1 Å². The third kappa shape index (κ3) is 1.57. The van der Waals surface area contributed by atoms with Gasteiger partial charge < -0.3 is 10.8 Å². The first-order valence-electron chi connectivity index (χ1n) is 4.34. The van der Waals surface area contributed by atoms with Crippen molar-refractivity contribution in [2.24, 2.45) is 5.73 Å². The lowest BCUT2D eigenvalue weighted by atomic mass is 10.0. The average Bonchev–Trinajstić information content (AvgIpc) is 2.84. The molecule has 0 amide bonds. The topological polar surface area (TPSA) is 46.2 Å². The Morgan fingerprint density at radius 3 is 2.62 bits per heavy atom. The lowest BCUT2D eigenvalue weighted by Gasteiger charge is -2.11. The van der Waals surface area contributed by atoms with E-state index < -0.39 is 0 Å². The monoisotopic (exact) mass is 197 g/mol. The van der Waals surface area contributed by atoms with E-state index in [9.17, 15) is 0 Å². The molecule has 0 unspecified atom stereocenters. The van der Waals surface area contributed by atoms with Crippen LogP contribution in [0.3, 0.4) is 0 Å². The highest BCUT2D eigenvalue weighted by Gasteiger charge is 2.41. The van der Waals surface area contributed by atoms with Crippen LogP contribution >= 0.6 is 11.6 Å². The highest BCUT2D eigenvalue weighted by molar-refractivity contribution is 6.31. The van der Waals surface area contributed by atoms with Gasteiger partial charge in [-0.3, -0.25) is 0 Å². The van der Waals surface area contributed by atoms with Gasteiger partial charge in [0.1, 0.15) is 0 Å². The Labute approximate surface area is 82.3 Å². The summed E-state index contributed by atoms with van der Waals surface area (Å²) in [4.78, 5) is 0. The van der Waals surface area contributed by atoms with Gasteiger partial charge in [0.05, 0.1) is 6.61 Å². The first-order chi connectivity index (χ1) is 6.15. The molecule has 0 bridgehead atoms. The van der Waals surface area contributed by atoms with Crippen molar-refractivity contribution < 1.29 is 5.11 Å². The molecule has 1 aliphatic carbocycles. The molecular weight excluding hydrogens is 186 g/mol. The summed E-state index contributed by atoms with van der Waals surface area (Å²) in [6.07, 6.45) is 2.01. The summed E-state index contributed by atoms with van der Waals surface area (Å²) in [5.41, 5.74) is 7.66. The molecule has 1 aromatic rings. The Kier molecular flexibility index (Phi) is 2.06. The van der Waals surface area contributed by atoms with Crippen molar-refractivity contribution in [2.45, 2.75) is 25.0 Å². The van der Waals surface area contributed by atoms with Crippen LogP contribution < -0.4 is 5.73 Å². The maximum Gasteiger partial charge on any atom is 0.0682 e. The standard InChI is InChI=1S/C10H12ClNO/c11-9-5-7(6-13)1-2-8(9)10(12)3-4-10/h1-2,5,13H,3-4,6,12H2. The van der Waals surface area contributed by atoms with E-state index in [-0.39, 0.29) is 12.1 Å². The van der Waals surface area contributed by atoms with Crippen LogP contribution in [0.2, 0.25) is 5.02 Å². The molecule has 0 aromatic heterocycles. The first-order valence-corrected chi connectivity index (χ1v) is 4.72. The SMILES string of the molecule is NC1(c2ccc(CO)cc2Cl)CC1. The van der Waals surface area contributed by atoms with Crippen LogP contribution in [0.25, 0.3) is 0 Å². The zero-order valence-corrected chi connectivity index (χ0v) is 8.01. The van der Waals surface area contributed by atoms with Gasteiger partial charge in [-0.15, -0.1) is 0 Å². The second-order valence-electron chi connectivity index (χ2n) is 3.63. The van der Waals surface area contributed by atoms with E-state index in [2.05, 4.69) is 0 Å². The summed E-state index contributed by atoms with van der Waals surface area (Å²) in [5.74, 6) is 0. The largest absolute Gasteiger partial charge is 0.392 e.